The van der Waals surface area contributed by atoms with Gasteiger partial charge in [0.15, 0.2) is 0 Å². The Bertz CT molecular complexity index is 692. The van der Waals surface area contributed by atoms with Gasteiger partial charge in [-0.25, -0.2) is 0 Å². The molecule has 0 unspecified atom stereocenters. The number of hydrogen-bond donors (Lipinski definition) is 1. The molecule has 1 aliphatic rings. The summed E-state index contributed by atoms with van der Waals surface area (Å²) in [6, 6.07) is 10.2. The summed E-state index contributed by atoms with van der Waals surface area (Å²) in [5.74, 6) is 0.965. The number of ether oxygens (including phenoxy) is 1. The van der Waals surface area contributed by atoms with Crippen molar-refractivity contribution in [1.82, 2.24) is 4.90 Å². The van der Waals surface area contributed by atoms with E-state index in [0.29, 0.717) is 0 Å². The van der Waals surface area contributed by atoms with Gasteiger partial charge in [-0.05, 0) is 49.1 Å². The molecule has 0 aliphatic carbocycles. The third-order valence-corrected chi connectivity index (χ3v) is 5.39. The second kappa shape index (κ2) is 8.01. The summed E-state index contributed by atoms with van der Waals surface area (Å²) in [5, 5.41) is 0. The molecule has 6 heteroatoms. The average Bonchev–Trinajstić information content (AvgIpc) is 2.97. The van der Waals surface area contributed by atoms with Gasteiger partial charge in [-0.3, -0.25) is 4.79 Å². The maximum atomic E-state index is 12.7. The molecule has 0 bridgehead atoms. The lowest BCUT2D eigenvalue weighted by molar-refractivity contribution is 0.0719. The van der Waals surface area contributed by atoms with Gasteiger partial charge in [0.2, 0.25) is 0 Å². The molecular weight excluding hydrogens is 344 g/mol. The van der Waals surface area contributed by atoms with Crippen molar-refractivity contribution in [1.29, 1.82) is 0 Å². The minimum atomic E-state index is 0. The number of methoxy groups -OCH3 is 1. The van der Waals surface area contributed by atoms with Crippen molar-refractivity contribution in [3.8, 4) is 16.9 Å². The zero-order valence-electron chi connectivity index (χ0n) is 14.0. The van der Waals surface area contributed by atoms with Gasteiger partial charge in [-0.1, -0.05) is 12.1 Å². The van der Waals surface area contributed by atoms with Crippen molar-refractivity contribution in [2.24, 2.45) is 5.73 Å². The zero-order valence-corrected chi connectivity index (χ0v) is 15.6. The van der Waals surface area contributed by atoms with Crippen LogP contribution in [0.25, 0.3) is 11.1 Å². The highest BCUT2D eigenvalue weighted by Crippen LogP contribution is 2.33. The van der Waals surface area contributed by atoms with E-state index >= 15 is 0 Å². The molecule has 3 rings (SSSR count). The Kier molecular flexibility index (Phi) is 6.27. The van der Waals surface area contributed by atoms with Crippen molar-refractivity contribution in [3.05, 3.63) is 40.1 Å². The van der Waals surface area contributed by atoms with Crippen LogP contribution < -0.4 is 10.5 Å². The minimum absolute atomic E-state index is 0. The Hall–Kier alpha value is -1.56. The van der Waals surface area contributed by atoms with Crippen LogP contribution in [0.2, 0.25) is 0 Å². The number of piperidine rings is 1. The number of nitrogens with two attached hydrogens (primary N) is 1. The van der Waals surface area contributed by atoms with Gasteiger partial charge in [0.05, 0.1) is 12.0 Å². The molecule has 1 aromatic heterocycles. The third-order valence-electron chi connectivity index (χ3n) is 4.36. The van der Waals surface area contributed by atoms with Crippen molar-refractivity contribution < 1.29 is 9.53 Å². The quantitative estimate of drug-likeness (QED) is 0.900. The molecule has 0 spiro atoms. The molecule has 2 aromatic rings. The Morgan fingerprint density at radius 1 is 1.25 bits per heavy atom. The topological polar surface area (TPSA) is 55.6 Å². The molecule has 0 atom stereocenters. The molecule has 1 amide bonds. The van der Waals surface area contributed by atoms with E-state index in [0.717, 1.165) is 52.6 Å². The van der Waals surface area contributed by atoms with E-state index in [4.69, 9.17) is 10.5 Å². The summed E-state index contributed by atoms with van der Waals surface area (Å²) in [4.78, 5) is 16.6. The second-order valence-electron chi connectivity index (χ2n) is 5.94. The van der Waals surface area contributed by atoms with Crippen molar-refractivity contribution >= 4 is 29.7 Å². The molecule has 4 nitrogen and oxygen atoms in total. The molecule has 1 aromatic carbocycles. The minimum Gasteiger partial charge on any atom is -0.497 e. The molecule has 0 saturated carbocycles. The Labute approximate surface area is 153 Å². The SMILES string of the molecule is COc1ccc(-c2cc(C(=O)N3CCC(N)CC3)sc2C)cc1.Cl. The summed E-state index contributed by atoms with van der Waals surface area (Å²) < 4.78 is 5.20. The van der Waals surface area contributed by atoms with Crippen LogP contribution >= 0.6 is 23.7 Å². The first-order chi connectivity index (χ1) is 11.1. The highest BCUT2D eigenvalue weighted by molar-refractivity contribution is 7.14. The smallest absolute Gasteiger partial charge is 0.263 e. The van der Waals surface area contributed by atoms with Crippen LogP contribution in [0.5, 0.6) is 5.75 Å². The van der Waals surface area contributed by atoms with Crippen molar-refractivity contribution in [2.45, 2.75) is 25.8 Å². The van der Waals surface area contributed by atoms with Gasteiger partial charge in [-0.2, -0.15) is 0 Å². The molecule has 0 radical (unpaired) electrons. The molecular formula is C18H23ClN2O2S. The van der Waals surface area contributed by atoms with Crippen LogP contribution in [0.15, 0.2) is 30.3 Å². The normalized spacial score (nSPS) is 15.0. The number of thiophene rings is 1. The predicted molar refractivity (Wildman–Crippen MR) is 101 cm³/mol. The Morgan fingerprint density at radius 3 is 2.46 bits per heavy atom. The van der Waals surface area contributed by atoms with Gasteiger partial charge in [-0.15, -0.1) is 23.7 Å². The molecule has 1 fully saturated rings. The Morgan fingerprint density at radius 2 is 1.88 bits per heavy atom. The predicted octanol–water partition coefficient (Wildman–Crippen LogP) is 3.72. The van der Waals surface area contributed by atoms with Gasteiger partial charge >= 0.3 is 0 Å². The van der Waals surface area contributed by atoms with E-state index in [1.807, 2.05) is 35.2 Å². The molecule has 1 aliphatic heterocycles. The zero-order chi connectivity index (χ0) is 16.4. The van der Waals surface area contributed by atoms with Gasteiger partial charge in [0.25, 0.3) is 5.91 Å². The first kappa shape index (κ1) is 18.8. The molecule has 2 heterocycles. The number of nitrogens with zero attached hydrogens (tertiary/aromatic N) is 1. The van der Waals surface area contributed by atoms with E-state index in [1.165, 1.54) is 0 Å². The summed E-state index contributed by atoms with van der Waals surface area (Å²) >= 11 is 1.57. The standard InChI is InChI=1S/C18H22N2O2S.ClH/c1-12-16(13-3-5-15(22-2)6-4-13)11-17(23-12)18(21)20-9-7-14(19)8-10-20;/h3-6,11,14H,7-10,19H2,1-2H3;1H. The molecule has 2 N–H and O–H groups in total. The van der Waals surface area contributed by atoms with Gasteiger partial charge in [0, 0.05) is 24.0 Å². The van der Waals surface area contributed by atoms with E-state index in [1.54, 1.807) is 18.4 Å². The number of likely N-dealkylation sites (tertiary alicyclic amines) is 1. The fourth-order valence-corrected chi connectivity index (χ4v) is 3.91. The number of hydrogen-bond acceptors (Lipinski definition) is 4. The van der Waals surface area contributed by atoms with E-state index in [-0.39, 0.29) is 24.4 Å². The average molecular weight is 367 g/mol. The number of carbonyl (C=O) groups excluding carboxylic acids is 1. The lowest BCUT2D eigenvalue weighted by Crippen LogP contribution is -2.42. The summed E-state index contributed by atoms with van der Waals surface area (Å²) in [5.41, 5.74) is 8.15. The number of aryl methyl sites for hydroxylation is 1. The molecule has 130 valence electrons. The fourth-order valence-electron chi connectivity index (χ4n) is 2.90. The summed E-state index contributed by atoms with van der Waals surface area (Å²) in [6.07, 6.45) is 1.78. The van der Waals surface area contributed by atoms with E-state index < -0.39 is 0 Å². The number of amides is 1. The van der Waals surface area contributed by atoms with E-state index in [9.17, 15) is 4.79 Å². The van der Waals surface area contributed by atoms with E-state index in [2.05, 4.69) is 6.92 Å². The number of benzene rings is 1. The van der Waals surface area contributed by atoms with Gasteiger partial charge < -0.3 is 15.4 Å². The molecule has 24 heavy (non-hydrogen) atoms. The number of carbonyl (C=O) groups is 1. The Balaban J connectivity index is 0.00000208. The van der Waals surface area contributed by atoms with Crippen LogP contribution in [-0.2, 0) is 0 Å². The van der Waals surface area contributed by atoms with Crippen LogP contribution in [-0.4, -0.2) is 37.0 Å². The fraction of sp³-hybridized carbons (Fsp3) is 0.389. The van der Waals surface area contributed by atoms with Crippen LogP contribution in [0.4, 0.5) is 0 Å². The largest absolute Gasteiger partial charge is 0.497 e. The van der Waals surface area contributed by atoms with Crippen LogP contribution in [0.1, 0.15) is 27.4 Å². The van der Waals surface area contributed by atoms with Crippen molar-refractivity contribution in [2.75, 3.05) is 20.2 Å². The lowest BCUT2D eigenvalue weighted by Gasteiger charge is -2.29. The number of rotatable bonds is 3. The maximum absolute atomic E-state index is 12.7. The monoisotopic (exact) mass is 366 g/mol. The van der Waals surface area contributed by atoms with Crippen LogP contribution in [0.3, 0.4) is 0 Å². The molecule has 1 saturated heterocycles. The number of halogens is 1. The van der Waals surface area contributed by atoms with Crippen LogP contribution in [0, 0.1) is 6.92 Å². The third kappa shape index (κ3) is 3.91. The summed E-state index contributed by atoms with van der Waals surface area (Å²) in [7, 11) is 1.66. The maximum Gasteiger partial charge on any atom is 0.263 e. The van der Waals surface area contributed by atoms with Crippen molar-refractivity contribution in [3.63, 3.8) is 0 Å². The highest BCUT2D eigenvalue weighted by Gasteiger charge is 2.23. The highest BCUT2D eigenvalue weighted by atomic mass is 35.5. The summed E-state index contributed by atoms with van der Waals surface area (Å²) in [6.45, 7) is 3.58. The second-order valence-corrected chi connectivity index (χ2v) is 7.19. The lowest BCUT2D eigenvalue weighted by atomic mass is 10.0. The first-order valence-electron chi connectivity index (χ1n) is 7.88. The van der Waals surface area contributed by atoms with Gasteiger partial charge in [0.1, 0.15) is 5.75 Å². The first-order valence-corrected chi connectivity index (χ1v) is 8.70.